The lowest BCUT2D eigenvalue weighted by Gasteiger charge is -2.31. The minimum absolute atomic E-state index is 0.655. The summed E-state index contributed by atoms with van der Waals surface area (Å²) in [6.07, 6.45) is 2.56. The topological polar surface area (TPSA) is 6.48 Å². The quantitative estimate of drug-likeness (QED) is 0.597. The fraction of sp³-hybridized carbons (Fsp3) is 1.00. The van der Waals surface area contributed by atoms with Gasteiger partial charge in [-0.2, -0.15) is 12.6 Å². The second-order valence-electron chi connectivity index (χ2n) is 3.82. The summed E-state index contributed by atoms with van der Waals surface area (Å²) in [5.74, 6) is 0. The van der Waals surface area contributed by atoms with Gasteiger partial charge >= 0.3 is 0 Å². The van der Waals surface area contributed by atoms with E-state index >= 15 is 0 Å². The van der Waals surface area contributed by atoms with E-state index in [1.54, 1.807) is 0 Å². The van der Waals surface area contributed by atoms with Gasteiger partial charge in [0.1, 0.15) is 0 Å². The average Bonchev–Trinajstić information content (AvgIpc) is 2.48. The van der Waals surface area contributed by atoms with Crippen LogP contribution in [-0.2, 0) is 0 Å². The van der Waals surface area contributed by atoms with Gasteiger partial charge in [-0.05, 0) is 19.9 Å². The first kappa shape index (κ1) is 11.3. The molecule has 0 aromatic carbocycles. The van der Waals surface area contributed by atoms with Crippen molar-refractivity contribution in [3.05, 3.63) is 0 Å². The highest BCUT2D eigenvalue weighted by Gasteiger charge is 2.32. The van der Waals surface area contributed by atoms with E-state index in [4.69, 9.17) is 0 Å². The Bertz CT molecular complexity index is 152. The smallest absolute Gasteiger partial charge is 0.0507 e. The van der Waals surface area contributed by atoms with Crippen molar-refractivity contribution in [2.75, 3.05) is 26.8 Å². The van der Waals surface area contributed by atoms with Gasteiger partial charge in [0.2, 0.25) is 0 Å². The van der Waals surface area contributed by atoms with Crippen LogP contribution in [0.1, 0.15) is 26.7 Å². The van der Waals surface area contributed by atoms with Crippen LogP contribution in [0.5, 0.6) is 0 Å². The van der Waals surface area contributed by atoms with Gasteiger partial charge in [0.25, 0.3) is 0 Å². The molecule has 2 fully saturated rings. The Morgan fingerprint density at radius 2 is 2.00 bits per heavy atom. The zero-order valence-electron chi connectivity index (χ0n) is 9.03. The molecule has 2 aliphatic rings. The van der Waals surface area contributed by atoms with E-state index in [0.29, 0.717) is 5.25 Å². The van der Waals surface area contributed by atoms with Crippen LogP contribution in [0, 0.1) is 0 Å². The molecule has 0 aromatic rings. The summed E-state index contributed by atoms with van der Waals surface area (Å²) in [6.45, 7) is 7.67. The Morgan fingerprint density at radius 3 is 2.69 bits per heavy atom. The summed E-state index contributed by atoms with van der Waals surface area (Å²) < 4.78 is 0. The van der Waals surface area contributed by atoms with Crippen LogP contribution in [0.3, 0.4) is 0 Å². The highest BCUT2D eigenvalue weighted by molar-refractivity contribution is 7.80. The molecule has 0 bridgehead atoms. The second-order valence-corrected chi connectivity index (χ2v) is 4.55. The highest BCUT2D eigenvalue weighted by atomic mass is 32.1. The molecule has 0 aliphatic carbocycles. The number of hydrogen-bond donors (Lipinski definition) is 1. The molecule has 0 N–H and O–H groups in total. The van der Waals surface area contributed by atoms with E-state index in [0.717, 1.165) is 6.04 Å². The summed E-state index contributed by atoms with van der Waals surface area (Å²) >= 11 is 4.53. The molecular weight excluding hydrogens is 180 g/mol. The largest absolute Gasteiger partial charge is 0.292 e. The van der Waals surface area contributed by atoms with Crippen LogP contribution in [-0.4, -0.2) is 47.9 Å². The van der Waals surface area contributed by atoms with Crippen LogP contribution >= 0.6 is 12.6 Å². The predicted octanol–water partition coefficient (Wildman–Crippen LogP) is 1.68. The molecule has 2 aliphatic heterocycles. The molecule has 3 heteroatoms. The van der Waals surface area contributed by atoms with Crippen molar-refractivity contribution in [2.45, 2.75) is 38.0 Å². The first-order valence-corrected chi connectivity index (χ1v) is 5.88. The van der Waals surface area contributed by atoms with Crippen molar-refractivity contribution < 1.29 is 0 Å². The number of thiol groups is 1. The zero-order chi connectivity index (χ0) is 9.84. The summed E-state index contributed by atoms with van der Waals surface area (Å²) in [6, 6.07) is 0.802. The molecule has 0 saturated carbocycles. The molecule has 0 radical (unpaired) electrons. The fourth-order valence-electron chi connectivity index (χ4n) is 2.18. The molecule has 2 saturated heterocycles. The molecule has 2 unspecified atom stereocenters. The Labute approximate surface area is 87.7 Å². The van der Waals surface area contributed by atoms with Gasteiger partial charge in [-0.1, -0.05) is 13.8 Å². The fourth-order valence-corrected chi connectivity index (χ4v) is 2.54. The first-order chi connectivity index (χ1) is 6.25. The normalized spacial score (nSPS) is 35.1. The van der Waals surface area contributed by atoms with E-state index in [9.17, 15) is 0 Å². The molecular formula is C10H22N2S. The van der Waals surface area contributed by atoms with Crippen molar-refractivity contribution in [3.63, 3.8) is 0 Å². The number of likely N-dealkylation sites (N-methyl/N-ethyl adjacent to an activating group) is 1. The van der Waals surface area contributed by atoms with Gasteiger partial charge in [0.15, 0.2) is 0 Å². The third kappa shape index (κ3) is 2.86. The monoisotopic (exact) mass is 202 g/mol. The number of fused-ring (bicyclic) bond motifs is 1. The SMILES string of the molecule is CC.CN1CC2CC(S)CCN2C1. The Morgan fingerprint density at radius 1 is 1.31 bits per heavy atom. The van der Waals surface area contributed by atoms with Crippen molar-refractivity contribution in [2.24, 2.45) is 0 Å². The minimum atomic E-state index is 0.655. The first-order valence-electron chi connectivity index (χ1n) is 5.36. The maximum Gasteiger partial charge on any atom is 0.0507 e. The van der Waals surface area contributed by atoms with Crippen molar-refractivity contribution in [1.29, 1.82) is 0 Å². The van der Waals surface area contributed by atoms with Gasteiger partial charge in [0.05, 0.1) is 6.67 Å². The summed E-state index contributed by atoms with van der Waals surface area (Å²) in [5.41, 5.74) is 0. The molecule has 0 amide bonds. The van der Waals surface area contributed by atoms with Crippen molar-refractivity contribution in [1.82, 2.24) is 9.80 Å². The van der Waals surface area contributed by atoms with Gasteiger partial charge < -0.3 is 0 Å². The number of piperidine rings is 1. The Hall–Kier alpha value is 0.270. The van der Waals surface area contributed by atoms with Crippen LogP contribution in [0.25, 0.3) is 0 Å². The van der Waals surface area contributed by atoms with Gasteiger partial charge in [-0.15, -0.1) is 0 Å². The summed E-state index contributed by atoms with van der Waals surface area (Å²) in [7, 11) is 2.20. The maximum absolute atomic E-state index is 4.53. The average molecular weight is 202 g/mol. The predicted molar refractivity (Wildman–Crippen MR) is 61.3 cm³/mol. The second kappa shape index (κ2) is 5.23. The summed E-state index contributed by atoms with van der Waals surface area (Å²) in [4.78, 5) is 4.98. The van der Waals surface area contributed by atoms with Crippen molar-refractivity contribution >= 4 is 12.6 Å². The molecule has 2 rings (SSSR count). The van der Waals surface area contributed by atoms with E-state index in [2.05, 4.69) is 29.5 Å². The minimum Gasteiger partial charge on any atom is -0.292 e. The van der Waals surface area contributed by atoms with Crippen molar-refractivity contribution in [3.8, 4) is 0 Å². The third-order valence-corrected chi connectivity index (χ3v) is 3.22. The Balaban J connectivity index is 0.000000396. The maximum atomic E-state index is 4.53. The Kier molecular flexibility index (Phi) is 4.56. The molecule has 2 atom stereocenters. The van der Waals surface area contributed by atoms with E-state index < -0.39 is 0 Å². The summed E-state index contributed by atoms with van der Waals surface area (Å²) in [5, 5.41) is 0.655. The third-order valence-electron chi connectivity index (χ3n) is 2.76. The number of nitrogens with zero attached hydrogens (tertiary/aromatic N) is 2. The van der Waals surface area contributed by atoms with Gasteiger partial charge in [-0.25, -0.2) is 0 Å². The molecule has 2 nitrogen and oxygen atoms in total. The van der Waals surface area contributed by atoms with Crippen LogP contribution in [0.4, 0.5) is 0 Å². The lowest BCUT2D eigenvalue weighted by molar-refractivity contribution is 0.195. The molecule has 0 spiro atoms. The van der Waals surface area contributed by atoms with Crippen LogP contribution < -0.4 is 0 Å². The highest BCUT2D eigenvalue weighted by Crippen LogP contribution is 2.25. The standard InChI is InChI=1S/C8H16N2S.C2H6/c1-9-5-7-4-8(11)2-3-10(7)6-9;1-2/h7-8,11H,2-6H2,1H3;1-2H3. The van der Waals surface area contributed by atoms with Crippen LogP contribution in [0.2, 0.25) is 0 Å². The number of rotatable bonds is 0. The number of hydrogen-bond acceptors (Lipinski definition) is 3. The molecule has 2 heterocycles. The molecule has 78 valence electrons. The van der Waals surface area contributed by atoms with Gasteiger partial charge in [-0.3, -0.25) is 9.80 Å². The zero-order valence-corrected chi connectivity index (χ0v) is 9.93. The van der Waals surface area contributed by atoms with E-state index in [-0.39, 0.29) is 0 Å². The van der Waals surface area contributed by atoms with Crippen LogP contribution in [0.15, 0.2) is 0 Å². The molecule has 0 aromatic heterocycles. The van der Waals surface area contributed by atoms with E-state index in [1.165, 1.54) is 32.6 Å². The molecule has 13 heavy (non-hydrogen) atoms. The van der Waals surface area contributed by atoms with Gasteiger partial charge in [0, 0.05) is 24.4 Å². The lowest BCUT2D eigenvalue weighted by atomic mass is 10.0. The lowest BCUT2D eigenvalue weighted by Crippen LogP contribution is -2.39. The van der Waals surface area contributed by atoms with E-state index in [1.807, 2.05) is 13.8 Å².